The van der Waals surface area contributed by atoms with Gasteiger partial charge in [-0.2, -0.15) is 0 Å². The van der Waals surface area contributed by atoms with E-state index in [1.54, 1.807) is 0 Å². The van der Waals surface area contributed by atoms with E-state index in [1.165, 1.54) is 0 Å². The molecule has 200 valence electrons. The highest BCUT2D eigenvalue weighted by Gasteiger charge is 2.33. The fourth-order valence-corrected chi connectivity index (χ4v) is 3.44. The van der Waals surface area contributed by atoms with Gasteiger partial charge in [0, 0.05) is 6.54 Å². The lowest BCUT2D eigenvalue weighted by atomic mass is 9.98. The number of ketones is 1. The van der Waals surface area contributed by atoms with E-state index >= 15 is 0 Å². The fraction of sp³-hybridized carbons (Fsp3) is 0.792. The molecule has 1 heterocycles. The van der Waals surface area contributed by atoms with Crippen LogP contribution in [0.5, 0.6) is 0 Å². The number of hydrogen-bond donors (Lipinski definition) is 5. The zero-order valence-electron chi connectivity index (χ0n) is 22.1. The molecule has 0 saturated carbocycles. The topological polar surface area (TPSA) is 155 Å². The fourth-order valence-electron chi connectivity index (χ4n) is 3.44. The van der Waals surface area contributed by atoms with Crippen molar-refractivity contribution in [3.05, 3.63) is 0 Å². The summed E-state index contributed by atoms with van der Waals surface area (Å²) in [6.07, 6.45) is 0.820. The third-order valence-corrected chi connectivity index (χ3v) is 5.15. The third kappa shape index (κ3) is 12.0. The number of nitrogens with one attached hydrogen (secondary N) is 5. The number of hydrazine groups is 1. The molecule has 1 saturated heterocycles. The summed E-state index contributed by atoms with van der Waals surface area (Å²) in [7, 11) is 0. The first kappa shape index (κ1) is 30.3. The minimum atomic E-state index is -0.979. The van der Waals surface area contributed by atoms with Gasteiger partial charge in [0.2, 0.25) is 17.6 Å². The van der Waals surface area contributed by atoms with Crippen LogP contribution in [-0.4, -0.2) is 60.9 Å². The molecule has 0 radical (unpaired) electrons. The molecular formula is C24H43N5O6. The van der Waals surface area contributed by atoms with Crippen molar-refractivity contribution >= 4 is 29.6 Å². The monoisotopic (exact) mass is 497 g/mol. The third-order valence-electron chi connectivity index (χ3n) is 5.15. The molecule has 0 spiro atoms. The predicted molar refractivity (Wildman–Crippen MR) is 131 cm³/mol. The van der Waals surface area contributed by atoms with Crippen LogP contribution in [0, 0.1) is 17.3 Å². The summed E-state index contributed by atoms with van der Waals surface area (Å²) in [5.74, 6) is -2.50. The first-order chi connectivity index (χ1) is 16.2. The Morgan fingerprint density at radius 1 is 0.971 bits per heavy atom. The van der Waals surface area contributed by atoms with E-state index < -0.39 is 47.7 Å². The lowest BCUT2D eigenvalue weighted by Gasteiger charge is -2.27. The summed E-state index contributed by atoms with van der Waals surface area (Å²) in [5, 5.41) is 7.97. The van der Waals surface area contributed by atoms with E-state index in [0.717, 1.165) is 0 Å². The minimum Gasteiger partial charge on any atom is -0.449 e. The Labute approximate surface area is 208 Å². The van der Waals surface area contributed by atoms with Crippen LogP contribution in [0.4, 0.5) is 4.79 Å². The Hall–Kier alpha value is -2.69. The van der Waals surface area contributed by atoms with Gasteiger partial charge in [0.15, 0.2) is 0 Å². The summed E-state index contributed by atoms with van der Waals surface area (Å²) in [6.45, 7) is 14.1. The first-order valence-corrected chi connectivity index (χ1v) is 12.3. The highest BCUT2D eigenvalue weighted by atomic mass is 16.5. The number of amides is 4. The Balaban J connectivity index is 2.93. The first-order valence-electron chi connectivity index (χ1n) is 12.3. The lowest BCUT2D eigenvalue weighted by molar-refractivity contribution is -0.141. The van der Waals surface area contributed by atoms with Crippen LogP contribution in [0.15, 0.2) is 0 Å². The summed E-state index contributed by atoms with van der Waals surface area (Å²) < 4.78 is 5.24. The van der Waals surface area contributed by atoms with Crippen molar-refractivity contribution in [2.24, 2.45) is 17.3 Å². The van der Waals surface area contributed by atoms with Crippen molar-refractivity contribution in [1.82, 2.24) is 26.8 Å². The van der Waals surface area contributed by atoms with Crippen molar-refractivity contribution in [1.29, 1.82) is 0 Å². The summed E-state index contributed by atoms with van der Waals surface area (Å²) in [6, 6.07) is -2.82. The molecule has 1 rings (SSSR count). The summed E-state index contributed by atoms with van der Waals surface area (Å²) in [4.78, 5) is 62.8. The molecule has 1 fully saturated rings. The number of rotatable bonds is 10. The molecule has 0 aromatic carbocycles. The van der Waals surface area contributed by atoms with Gasteiger partial charge in [0.25, 0.3) is 0 Å². The number of carbonyl (C=O) groups is 5. The maximum absolute atomic E-state index is 13.1. The Morgan fingerprint density at radius 3 is 2.09 bits per heavy atom. The van der Waals surface area contributed by atoms with E-state index in [1.807, 2.05) is 48.5 Å². The van der Waals surface area contributed by atoms with Gasteiger partial charge in [-0.15, -0.1) is 0 Å². The van der Waals surface area contributed by atoms with Gasteiger partial charge >= 0.3 is 12.0 Å². The molecule has 35 heavy (non-hydrogen) atoms. The molecule has 5 N–H and O–H groups in total. The molecule has 1 aliphatic rings. The number of Topliss-reactive ketones (excluding diaryl/α,β-unsaturated/α-hetero) is 1. The second kappa shape index (κ2) is 14.0. The van der Waals surface area contributed by atoms with Gasteiger partial charge in [0.1, 0.15) is 12.1 Å². The van der Waals surface area contributed by atoms with E-state index in [-0.39, 0.29) is 23.9 Å². The highest BCUT2D eigenvalue weighted by Crippen LogP contribution is 2.14. The second-order valence-electron chi connectivity index (χ2n) is 11.1. The standard InChI is InChI=1S/C24H43N5O6/c1-14(2)11-17(20(31)26-16-9-8-10-25-29-22(33)19(16)30)27-21(32)18(12-15(3)4)28-23(34)35-13-24(5,6)7/h14-18,25H,8-13H2,1-7H3,(H,26,31)(H,27,32)(H,28,34)(H,29,33). The maximum atomic E-state index is 13.1. The predicted octanol–water partition coefficient (Wildman–Crippen LogP) is 1.17. The number of ether oxygens (including phenoxy) is 1. The van der Waals surface area contributed by atoms with Gasteiger partial charge in [-0.05, 0) is 42.9 Å². The van der Waals surface area contributed by atoms with Crippen molar-refractivity contribution in [2.75, 3.05) is 13.2 Å². The van der Waals surface area contributed by atoms with Crippen LogP contribution < -0.4 is 26.8 Å². The van der Waals surface area contributed by atoms with Crippen molar-refractivity contribution < 1.29 is 28.7 Å². The average Bonchev–Trinajstić information content (AvgIpc) is 2.72. The highest BCUT2D eigenvalue weighted by molar-refractivity contribution is 6.38. The number of alkyl carbamates (subject to hydrolysis) is 1. The largest absolute Gasteiger partial charge is 0.449 e. The Morgan fingerprint density at radius 2 is 1.54 bits per heavy atom. The van der Waals surface area contributed by atoms with Crippen LogP contribution in [0.25, 0.3) is 0 Å². The van der Waals surface area contributed by atoms with Gasteiger partial charge in [0.05, 0.1) is 12.6 Å². The van der Waals surface area contributed by atoms with Crippen LogP contribution >= 0.6 is 0 Å². The van der Waals surface area contributed by atoms with Crippen LogP contribution in [0.1, 0.15) is 74.1 Å². The molecule has 0 bridgehead atoms. The van der Waals surface area contributed by atoms with Crippen molar-refractivity contribution in [3.63, 3.8) is 0 Å². The molecule has 3 unspecified atom stereocenters. The number of hydrogen-bond acceptors (Lipinski definition) is 7. The normalized spacial score (nSPS) is 18.7. The quantitative estimate of drug-likeness (QED) is 0.284. The van der Waals surface area contributed by atoms with E-state index in [4.69, 9.17) is 4.74 Å². The van der Waals surface area contributed by atoms with Gasteiger partial charge in [-0.25, -0.2) is 10.2 Å². The SMILES string of the molecule is CC(C)CC(NC(=O)OCC(C)(C)C)C(=O)NC(CC(C)C)C(=O)NC1CCCNNC(=O)C1=O. The van der Waals surface area contributed by atoms with Crippen molar-refractivity contribution in [2.45, 2.75) is 92.3 Å². The maximum Gasteiger partial charge on any atom is 0.407 e. The average molecular weight is 498 g/mol. The van der Waals surface area contributed by atoms with E-state index in [2.05, 4.69) is 26.8 Å². The van der Waals surface area contributed by atoms with Crippen LogP contribution in [0.3, 0.4) is 0 Å². The lowest BCUT2D eigenvalue weighted by Crippen LogP contribution is -2.58. The van der Waals surface area contributed by atoms with Crippen LogP contribution in [0.2, 0.25) is 0 Å². The summed E-state index contributed by atoms with van der Waals surface area (Å²) >= 11 is 0. The molecule has 1 aliphatic heterocycles. The zero-order chi connectivity index (χ0) is 26.8. The van der Waals surface area contributed by atoms with Crippen LogP contribution in [-0.2, 0) is 23.9 Å². The minimum absolute atomic E-state index is 0.0554. The Kier molecular flexibility index (Phi) is 12.1. The molecule has 3 atom stereocenters. The molecule has 11 nitrogen and oxygen atoms in total. The van der Waals surface area contributed by atoms with Crippen molar-refractivity contribution in [3.8, 4) is 0 Å². The molecule has 11 heteroatoms. The van der Waals surface area contributed by atoms with E-state index in [9.17, 15) is 24.0 Å². The molecule has 0 aromatic heterocycles. The van der Waals surface area contributed by atoms with Gasteiger partial charge in [-0.1, -0.05) is 48.5 Å². The van der Waals surface area contributed by atoms with Gasteiger partial charge in [-0.3, -0.25) is 24.6 Å². The zero-order valence-corrected chi connectivity index (χ0v) is 22.1. The summed E-state index contributed by atoms with van der Waals surface area (Å²) in [5.41, 5.74) is 4.71. The van der Waals surface area contributed by atoms with E-state index in [0.29, 0.717) is 32.2 Å². The smallest absolute Gasteiger partial charge is 0.407 e. The molecular weight excluding hydrogens is 454 g/mol. The molecule has 4 amide bonds. The van der Waals surface area contributed by atoms with Gasteiger partial charge < -0.3 is 20.7 Å². The molecule has 0 aromatic rings. The number of carbonyl (C=O) groups excluding carboxylic acids is 5. The second-order valence-corrected chi connectivity index (χ2v) is 11.1. The molecule has 0 aliphatic carbocycles. The Bertz CT molecular complexity index is 762.